The van der Waals surface area contributed by atoms with Crippen molar-refractivity contribution in [2.45, 2.75) is 6.54 Å². The van der Waals surface area contributed by atoms with Gasteiger partial charge in [0.25, 0.3) is 0 Å². The van der Waals surface area contributed by atoms with E-state index in [0.29, 0.717) is 49.5 Å². The zero-order chi connectivity index (χ0) is 21.0. The third-order valence-electron chi connectivity index (χ3n) is 4.84. The van der Waals surface area contributed by atoms with Crippen LogP contribution in [0.2, 0.25) is 5.02 Å². The van der Waals surface area contributed by atoms with Gasteiger partial charge in [0.1, 0.15) is 0 Å². The molecule has 4 rings (SSSR count). The summed E-state index contributed by atoms with van der Waals surface area (Å²) in [6.45, 7) is 2.50. The number of hydrogen-bond acceptors (Lipinski definition) is 6. The molecule has 0 bridgehead atoms. The topological polar surface area (TPSA) is 79.5 Å². The van der Waals surface area contributed by atoms with E-state index in [-0.39, 0.29) is 0 Å². The molecule has 2 aromatic carbocycles. The number of nitrogens with zero attached hydrogens (tertiary/aromatic N) is 4. The Morgan fingerprint density at radius 3 is 2.37 bits per heavy atom. The minimum Gasteiger partial charge on any atom is -0.419 e. The van der Waals surface area contributed by atoms with Crippen molar-refractivity contribution < 1.29 is 12.8 Å². The summed E-state index contributed by atoms with van der Waals surface area (Å²) in [6.07, 6.45) is 1.62. The van der Waals surface area contributed by atoms with E-state index in [1.165, 1.54) is 9.71 Å². The van der Waals surface area contributed by atoms with Crippen molar-refractivity contribution in [3.63, 3.8) is 0 Å². The Balaban J connectivity index is 1.32. The highest BCUT2D eigenvalue weighted by molar-refractivity contribution is 7.92. The van der Waals surface area contributed by atoms with E-state index in [1.807, 2.05) is 42.5 Å². The lowest BCUT2D eigenvalue weighted by Gasteiger charge is -2.32. The van der Waals surface area contributed by atoms with Gasteiger partial charge in [-0.15, -0.1) is 10.2 Å². The van der Waals surface area contributed by atoms with Gasteiger partial charge in [0.2, 0.25) is 21.8 Å². The molecule has 2 heterocycles. The van der Waals surface area contributed by atoms with Gasteiger partial charge in [-0.2, -0.15) is 4.31 Å². The fourth-order valence-corrected chi connectivity index (χ4v) is 4.47. The third-order valence-corrected chi connectivity index (χ3v) is 6.66. The molecule has 9 heteroatoms. The monoisotopic (exact) mass is 444 g/mol. The molecule has 7 nitrogen and oxygen atoms in total. The minimum absolute atomic E-state index is 0.416. The first-order valence-electron chi connectivity index (χ1n) is 9.53. The van der Waals surface area contributed by atoms with Gasteiger partial charge in [0.15, 0.2) is 0 Å². The van der Waals surface area contributed by atoms with Gasteiger partial charge in [0.05, 0.1) is 6.54 Å². The Hall–Kier alpha value is -2.52. The predicted molar refractivity (Wildman–Crippen MR) is 116 cm³/mol. The largest absolute Gasteiger partial charge is 0.419 e. The van der Waals surface area contributed by atoms with E-state index in [2.05, 4.69) is 15.1 Å². The molecule has 1 fully saturated rings. The van der Waals surface area contributed by atoms with Crippen LogP contribution in [0.4, 0.5) is 0 Å². The molecule has 0 N–H and O–H groups in total. The molecule has 0 atom stereocenters. The average molecular weight is 445 g/mol. The van der Waals surface area contributed by atoms with Crippen LogP contribution >= 0.6 is 11.6 Å². The summed E-state index contributed by atoms with van der Waals surface area (Å²) < 4.78 is 32.4. The summed E-state index contributed by atoms with van der Waals surface area (Å²) >= 11 is 5.90. The van der Waals surface area contributed by atoms with Crippen LogP contribution in [0, 0.1) is 0 Å². The Labute approximate surface area is 180 Å². The van der Waals surface area contributed by atoms with Crippen molar-refractivity contribution in [2.75, 3.05) is 26.2 Å². The molecule has 1 aliphatic rings. The zero-order valence-electron chi connectivity index (χ0n) is 16.2. The highest BCUT2D eigenvalue weighted by Crippen LogP contribution is 2.21. The van der Waals surface area contributed by atoms with E-state index in [9.17, 15) is 8.42 Å². The van der Waals surface area contributed by atoms with Gasteiger partial charge in [-0.25, -0.2) is 8.42 Å². The Morgan fingerprint density at radius 2 is 1.67 bits per heavy atom. The van der Waals surface area contributed by atoms with Crippen molar-refractivity contribution in [2.24, 2.45) is 0 Å². The minimum atomic E-state index is -3.45. The van der Waals surface area contributed by atoms with Gasteiger partial charge < -0.3 is 4.42 Å². The fraction of sp³-hybridized carbons (Fsp3) is 0.238. The van der Waals surface area contributed by atoms with Crippen LogP contribution in [0.1, 0.15) is 11.5 Å². The molecule has 1 aliphatic heterocycles. The van der Waals surface area contributed by atoms with Crippen LogP contribution < -0.4 is 0 Å². The van der Waals surface area contributed by atoms with Crippen LogP contribution in [0.25, 0.3) is 17.5 Å². The molecular weight excluding hydrogens is 424 g/mol. The summed E-state index contributed by atoms with van der Waals surface area (Å²) in [4.78, 5) is 2.10. The maximum atomic E-state index is 12.6. The number of halogens is 1. The van der Waals surface area contributed by atoms with Crippen molar-refractivity contribution in [3.05, 3.63) is 76.5 Å². The molecule has 0 unspecified atom stereocenters. The van der Waals surface area contributed by atoms with E-state index in [1.54, 1.807) is 18.2 Å². The van der Waals surface area contributed by atoms with E-state index >= 15 is 0 Å². The molecule has 0 spiro atoms. The van der Waals surface area contributed by atoms with Crippen LogP contribution in [-0.2, 0) is 16.6 Å². The maximum absolute atomic E-state index is 12.6. The number of rotatable bonds is 6. The molecule has 1 saturated heterocycles. The lowest BCUT2D eigenvalue weighted by atomic mass is 10.2. The summed E-state index contributed by atoms with van der Waals surface area (Å²) in [5, 5.41) is 10.1. The molecule has 156 valence electrons. The SMILES string of the molecule is O=S(=O)(/C=C/c1ccccc1)N1CCN(Cc2nnc(-c3ccc(Cl)cc3)o2)CC1. The van der Waals surface area contributed by atoms with Gasteiger partial charge in [-0.05, 0) is 35.9 Å². The van der Waals surface area contributed by atoms with E-state index in [0.717, 1.165) is 11.1 Å². The fourth-order valence-electron chi connectivity index (χ4n) is 3.17. The molecule has 0 aliphatic carbocycles. The van der Waals surface area contributed by atoms with Crippen LogP contribution in [-0.4, -0.2) is 54.0 Å². The quantitative estimate of drug-likeness (QED) is 0.578. The van der Waals surface area contributed by atoms with Crippen molar-refractivity contribution in [3.8, 4) is 11.5 Å². The Bertz CT molecular complexity index is 1110. The van der Waals surface area contributed by atoms with E-state index < -0.39 is 10.0 Å². The molecule has 0 saturated carbocycles. The molecule has 0 radical (unpaired) electrons. The van der Waals surface area contributed by atoms with Gasteiger partial charge >= 0.3 is 0 Å². The lowest BCUT2D eigenvalue weighted by molar-refractivity contribution is 0.169. The average Bonchev–Trinajstić information content (AvgIpc) is 3.22. The first-order valence-corrected chi connectivity index (χ1v) is 11.4. The maximum Gasteiger partial charge on any atom is 0.247 e. The van der Waals surface area contributed by atoms with Crippen LogP contribution in [0.15, 0.2) is 64.4 Å². The number of benzene rings is 2. The molecule has 0 amide bonds. The van der Waals surface area contributed by atoms with Crippen molar-refractivity contribution in [1.82, 2.24) is 19.4 Å². The Kier molecular flexibility index (Phi) is 6.29. The second-order valence-electron chi connectivity index (χ2n) is 6.94. The summed E-state index contributed by atoms with van der Waals surface area (Å²) in [5.41, 5.74) is 1.66. The number of hydrogen-bond donors (Lipinski definition) is 0. The number of piperazine rings is 1. The van der Waals surface area contributed by atoms with Crippen molar-refractivity contribution >= 4 is 27.7 Å². The number of sulfonamides is 1. The smallest absolute Gasteiger partial charge is 0.247 e. The second kappa shape index (κ2) is 9.09. The van der Waals surface area contributed by atoms with Gasteiger partial charge in [0, 0.05) is 42.2 Å². The van der Waals surface area contributed by atoms with Crippen molar-refractivity contribution in [1.29, 1.82) is 0 Å². The molecular formula is C21H21ClN4O3S. The molecule has 1 aromatic heterocycles. The number of aromatic nitrogens is 2. The molecule has 3 aromatic rings. The van der Waals surface area contributed by atoms with Crippen LogP contribution in [0.5, 0.6) is 0 Å². The van der Waals surface area contributed by atoms with Gasteiger partial charge in [-0.1, -0.05) is 41.9 Å². The summed E-state index contributed by atoms with van der Waals surface area (Å²) in [7, 11) is -3.45. The predicted octanol–water partition coefficient (Wildman–Crippen LogP) is 3.51. The standard InChI is InChI=1S/C21H21ClN4O3S/c22-19-8-6-18(7-9-19)21-24-23-20(29-21)16-25-11-13-26(14-12-25)30(27,28)15-10-17-4-2-1-3-5-17/h1-10,15H,11-14,16H2/b15-10+. The molecule has 30 heavy (non-hydrogen) atoms. The Morgan fingerprint density at radius 1 is 0.967 bits per heavy atom. The van der Waals surface area contributed by atoms with E-state index in [4.69, 9.17) is 16.0 Å². The van der Waals surface area contributed by atoms with Crippen LogP contribution in [0.3, 0.4) is 0 Å². The third kappa shape index (κ3) is 5.14. The summed E-state index contributed by atoms with van der Waals surface area (Å²) in [5.74, 6) is 0.939. The highest BCUT2D eigenvalue weighted by atomic mass is 35.5. The first-order chi connectivity index (χ1) is 14.5. The highest BCUT2D eigenvalue weighted by Gasteiger charge is 2.26. The summed E-state index contributed by atoms with van der Waals surface area (Å²) in [6, 6.07) is 16.6. The first kappa shape index (κ1) is 20.7. The van der Waals surface area contributed by atoms with Gasteiger partial charge in [-0.3, -0.25) is 4.90 Å². The second-order valence-corrected chi connectivity index (χ2v) is 9.20. The lowest BCUT2D eigenvalue weighted by Crippen LogP contribution is -2.47. The zero-order valence-corrected chi connectivity index (χ0v) is 17.8. The normalized spacial score (nSPS) is 16.3.